The average molecular weight is 316 g/mol. The van der Waals surface area contributed by atoms with Crippen LogP contribution in [0.1, 0.15) is 27.6 Å². The molecular formula is C18H17FO4. The molecule has 0 aliphatic heterocycles. The van der Waals surface area contributed by atoms with Crippen molar-refractivity contribution < 1.29 is 23.8 Å². The van der Waals surface area contributed by atoms with Crippen molar-refractivity contribution in [2.24, 2.45) is 0 Å². The number of carbonyl (C=O) groups is 1. The zero-order valence-corrected chi connectivity index (χ0v) is 12.8. The van der Waals surface area contributed by atoms with Crippen molar-refractivity contribution in [2.75, 3.05) is 14.2 Å². The van der Waals surface area contributed by atoms with Gasteiger partial charge in [-0.1, -0.05) is 24.3 Å². The number of benzene rings is 2. The van der Waals surface area contributed by atoms with Crippen LogP contribution < -0.4 is 4.74 Å². The summed E-state index contributed by atoms with van der Waals surface area (Å²) in [5, 5.41) is 10.1. The van der Waals surface area contributed by atoms with Crippen molar-refractivity contribution in [3.8, 4) is 5.75 Å². The van der Waals surface area contributed by atoms with Gasteiger partial charge in [0.1, 0.15) is 17.7 Å². The van der Waals surface area contributed by atoms with E-state index in [-0.39, 0.29) is 0 Å². The van der Waals surface area contributed by atoms with Crippen LogP contribution >= 0.6 is 0 Å². The Labute approximate surface area is 133 Å². The molecule has 0 saturated carbocycles. The lowest BCUT2D eigenvalue weighted by Crippen LogP contribution is -2.03. The summed E-state index contributed by atoms with van der Waals surface area (Å²) in [6.45, 7) is 0. The van der Waals surface area contributed by atoms with Crippen LogP contribution in [0.4, 0.5) is 4.39 Å². The van der Waals surface area contributed by atoms with Crippen LogP contribution in [0.15, 0.2) is 54.4 Å². The first-order valence-corrected chi connectivity index (χ1v) is 6.92. The molecule has 0 aromatic heterocycles. The number of halogens is 1. The fraction of sp³-hybridized carbons (Fsp3) is 0.167. The maximum Gasteiger partial charge on any atom is 0.337 e. The molecule has 0 fully saturated rings. The second-order valence-electron chi connectivity index (χ2n) is 4.82. The van der Waals surface area contributed by atoms with E-state index in [1.807, 2.05) is 0 Å². The Morgan fingerprint density at radius 1 is 1.09 bits per heavy atom. The maximum absolute atomic E-state index is 14.2. The Morgan fingerprint density at radius 2 is 1.70 bits per heavy atom. The number of rotatable bonds is 5. The standard InChI is InChI=1S/C18H17FO4/c1-22-15-9-3-12(4-10-15)11-16(19)17(20)13-5-7-14(8-6-13)18(21)23-2/h3-11,17,20H,1-2H3/b16-11-. The van der Waals surface area contributed by atoms with Crippen molar-refractivity contribution in [3.63, 3.8) is 0 Å². The van der Waals surface area contributed by atoms with Gasteiger partial charge in [-0.3, -0.25) is 0 Å². The molecular weight excluding hydrogens is 299 g/mol. The van der Waals surface area contributed by atoms with E-state index in [0.29, 0.717) is 22.4 Å². The molecule has 5 heteroatoms. The van der Waals surface area contributed by atoms with E-state index < -0.39 is 17.9 Å². The number of hydrogen-bond donors (Lipinski definition) is 1. The minimum absolute atomic E-state index is 0.336. The largest absolute Gasteiger partial charge is 0.497 e. The van der Waals surface area contributed by atoms with E-state index in [0.717, 1.165) is 0 Å². The van der Waals surface area contributed by atoms with Gasteiger partial charge in [0.05, 0.1) is 19.8 Å². The number of aliphatic hydroxyl groups is 1. The lowest BCUT2D eigenvalue weighted by Gasteiger charge is -2.10. The van der Waals surface area contributed by atoms with E-state index in [2.05, 4.69) is 4.74 Å². The molecule has 0 aliphatic rings. The van der Waals surface area contributed by atoms with Gasteiger partial charge in [-0.25, -0.2) is 9.18 Å². The van der Waals surface area contributed by atoms with E-state index >= 15 is 0 Å². The predicted molar refractivity (Wildman–Crippen MR) is 84.8 cm³/mol. The van der Waals surface area contributed by atoms with E-state index in [9.17, 15) is 14.3 Å². The Morgan fingerprint density at radius 3 is 2.22 bits per heavy atom. The van der Waals surface area contributed by atoms with E-state index in [1.165, 1.54) is 37.5 Å². The van der Waals surface area contributed by atoms with Crippen LogP contribution in [-0.4, -0.2) is 25.3 Å². The monoisotopic (exact) mass is 316 g/mol. The number of hydrogen-bond acceptors (Lipinski definition) is 4. The summed E-state index contributed by atoms with van der Waals surface area (Å²) in [4.78, 5) is 11.3. The first kappa shape index (κ1) is 16.7. The molecule has 0 radical (unpaired) electrons. The third-order valence-corrected chi connectivity index (χ3v) is 3.33. The molecule has 0 spiro atoms. The predicted octanol–water partition coefficient (Wildman–Crippen LogP) is 3.53. The van der Waals surface area contributed by atoms with Gasteiger partial charge in [-0.2, -0.15) is 0 Å². The van der Waals surface area contributed by atoms with Crippen molar-refractivity contribution in [3.05, 3.63) is 71.0 Å². The molecule has 0 aliphatic carbocycles. The second-order valence-corrected chi connectivity index (χ2v) is 4.82. The van der Waals surface area contributed by atoms with Crippen LogP contribution in [0.3, 0.4) is 0 Å². The van der Waals surface area contributed by atoms with Crippen molar-refractivity contribution in [1.29, 1.82) is 0 Å². The third-order valence-electron chi connectivity index (χ3n) is 3.33. The highest BCUT2D eigenvalue weighted by Gasteiger charge is 2.14. The lowest BCUT2D eigenvalue weighted by molar-refractivity contribution is 0.0600. The second kappa shape index (κ2) is 7.56. The summed E-state index contributed by atoms with van der Waals surface area (Å²) in [5.74, 6) is -0.511. The van der Waals surface area contributed by atoms with Gasteiger partial charge in [-0.15, -0.1) is 0 Å². The normalized spacial score (nSPS) is 12.6. The first-order valence-electron chi connectivity index (χ1n) is 6.92. The van der Waals surface area contributed by atoms with E-state index in [4.69, 9.17) is 4.74 Å². The Balaban J connectivity index is 2.15. The van der Waals surface area contributed by atoms with Gasteiger partial charge >= 0.3 is 5.97 Å². The van der Waals surface area contributed by atoms with Crippen molar-refractivity contribution in [2.45, 2.75) is 6.10 Å². The highest BCUT2D eigenvalue weighted by Crippen LogP contribution is 2.25. The minimum Gasteiger partial charge on any atom is -0.497 e. The smallest absolute Gasteiger partial charge is 0.337 e. The van der Waals surface area contributed by atoms with Gasteiger partial charge in [0.25, 0.3) is 0 Å². The lowest BCUT2D eigenvalue weighted by atomic mass is 10.0. The summed E-state index contributed by atoms with van der Waals surface area (Å²) in [6.07, 6.45) is -0.151. The van der Waals surface area contributed by atoms with E-state index in [1.54, 1.807) is 31.4 Å². The molecule has 4 nitrogen and oxygen atoms in total. The average Bonchev–Trinajstić information content (AvgIpc) is 2.61. The molecule has 2 aromatic rings. The van der Waals surface area contributed by atoms with Crippen molar-refractivity contribution in [1.82, 2.24) is 0 Å². The van der Waals surface area contributed by atoms with Crippen LogP contribution in [0.5, 0.6) is 5.75 Å². The fourth-order valence-corrected chi connectivity index (χ4v) is 2.02. The molecule has 0 heterocycles. The number of esters is 1. The van der Waals surface area contributed by atoms with Crippen LogP contribution in [0.2, 0.25) is 0 Å². The molecule has 2 aromatic carbocycles. The summed E-state index contributed by atoms with van der Waals surface area (Å²) in [5.41, 5.74) is 1.29. The molecule has 0 amide bonds. The summed E-state index contributed by atoms with van der Waals surface area (Å²) in [7, 11) is 2.83. The van der Waals surface area contributed by atoms with Gasteiger partial charge in [0, 0.05) is 0 Å². The zero-order valence-electron chi connectivity index (χ0n) is 12.8. The Kier molecular flexibility index (Phi) is 5.49. The van der Waals surface area contributed by atoms with Crippen LogP contribution in [-0.2, 0) is 4.74 Å². The topological polar surface area (TPSA) is 55.8 Å². The fourth-order valence-electron chi connectivity index (χ4n) is 2.02. The number of methoxy groups -OCH3 is 2. The number of carbonyl (C=O) groups excluding carboxylic acids is 1. The molecule has 23 heavy (non-hydrogen) atoms. The molecule has 1 N–H and O–H groups in total. The van der Waals surface area contributed by atoms with Crippen LogP contribution in [0.25, 0.3) is 6.08 Å². The van der Waals surface area contributed by atoms with Gasteiger partial charge in [0.2, 0.25) is 0 Å². The van der Waals surface area contributed by atoms with Gasteiger partial charge in [0.15, 0.2) is 0 Å². The molecule has 0 saturated heterocycles. The molecule has 2 rings (SSSR count). The van der Waals surface area contributed by atoms with Gasteiger partial charge < -0.3 is 14.6 Å². The minimum atomic E-state index is -1.40. The molecule has 1 atom stereocenters. The van der Waals surface area contributed by atoms with Crippen LogP contribution in [0, 0.1) is 0 Å². The zero-order chi connectivity index (χ0) is 16.8. The Hall–Kier alpha value is -2.66. The molecule has 1 unspecified atom stereocenters. The third kappa shape index (κ3) is 4.17. The molecule has 120 valence electrons. The van der Waals surface area contributed by atoms with Gasteiger partial charge in [-0.05, 0) is 41.5 Å². The molecule has 0 bridgehead atoms. The summed E-state index contributed by atoms with van der Waals surface area (Å²) >= 11 is 0. The van der Waals surface area contributed by atoms with Crippen molar-refractivity contribution >= 4 is 12.0 Å². The summed E-state index contributed by atoms with van der Waals surface area (Å²) in [6, 6.07) is 12.7. The maximum atomic E-state index is 14.2. The quantitative estimate of drug-likeness (QED) is 0.858. The SMILES string of the molecule is COC(=O)c1ccc(C(O)/C(F)=C/c2ccc(OC)cc2)cc1. The summed E-state index contributed by atoms with van der Waals surface area (Å²) < 4.78 is 23.8. The number of ether oxygens (including phenoxy) is 2. The highest BCUT2D eigenvalue weighted by molar-refractivity contribution is 5.89. The highest BCUT2D eigenvalue weighted by atomic mass is 19.1. The Bertz CT molecular complexity index is 690. The first-order chi connectivity index (χ1) is 11.0. The number of aliphatic hydroxyl groups excluding tert-OH is 1.